The second-order valence-electron chi connectivity index (χ2n) is 2.87. The number of halogens is 2. The van der Waals surface area contributed by atoms with Gasteiger partial charge in [0.2, 0.25) is 0 Å². The molecule has 7 heteroatoms. The normalized spacial score (nSPS) is 11.4. The Bertz CT molecular complexity index is 462. The molecule has 0 aliphatic heterocycles. The van der Waals surface area contributed by atoms with Gasteiger partial charge in [-0.05, 0) is 24.5 Å². The molecule has 1 rings (SSSR count). The molecule has 1 aromatic rings. The number of rotatable bonds is 5. The number of thioether (sulfide) groups is 1. The summed E-state index contributed by atoms with van der Waals surface area (Å²) < 4.78 is 28.6. The number of hydrogen-bond acceptors (Lipinski definition) is 4. The molecule has 16 heavy (non-hydrogen) atoms. The van der Waals surface area contributed by atoms with Crippen LogP contribution >= 0.6 is 38.4 Å². The summed E-state index contributed by atoms with van der Waals surface area (Å²) in [5.74, 6) is 1.07. The van der Waals surface area contributed by atoms with Crippen molar-refractivity contribution in [1.82, 2.24) is 0 Å². The van der Waals surface area contributed by atoms with Crippen molar-refractivity contribution in [3.05, 3.63) is 22.7 Å². The van der Waals surface area contributed by atoms with Crippen LogP contribution in [-0.2, 0) is 9.05 Å². The molecule has 0 aliphatic rings. The van der Waals surface area contributed by atoms with E-state index in [-0.39, 0.29) is 10.6 Å². The summed E-state index contributed by atoms with van der Waals surface area (Å²) in [7, 11) is 1.53. The maximum atomic E-state index is 11.3. The fourth-order valence-electron chi connectivity index (χ4n) is 1.03. The van der Waals surface area contributed by atoms with Crippen LogP contribution in [0.25, 0.3) is 0 Å². The summed E-state index contributed by atoms with van der Waals surface area (Å²) >= 11 is 4.81. The van der Waals surface area contributed by atoms with E-state index in [2.05, 4.69) is 15.9 Å². The van der Waals surface area contributed by atoms with Gasteiger partial charge in [0.25, 0.3) is 9.05 Å². The first-order chi connectivity index (χ1) is 7.45. The highest BCUT2D eigenvalue weighted by Gasteiger charge is 2.17. The third-order valence-corrected chi connectivity index (χ3v) is 4.12. The van der Waals surface area contributed by atoms with Crippen molar-refractivity contribution in [2.24, 2.45) is 0 Å². The Hall–Kier alpha value is 0.0900. The Morgan fingerprint density at radius 3 is 2.75 bits per heavy atom. The van der Waals surface area contributed by atoms with Gasteiger partial charge in [-0.1, -0.05) is 15.9 Å². The van der Waals surface area contributed by atoms with Crippen LogP contribution in [-0.4, -0.2) is 27.0 Å². The van der Waals surface area contributed by atoms with Crippen molar-refractivity contribution >= 4 is 47.4 Å². The zero-order chi connectivity index (χ0) is 12.2. The maximum Gasteiger partial charge on any atom is 0.265 e. The van der Waals surface area contributed by atoms with Gasteiger partial charge < -0.3 is 4.74 Å². The van der Waals surface area contributed by atoms with Crippen LogP contribution in [0, 0.1) is 0 Å². The van der Waals surface area contributed by atoms with Gasteiger partial charge in [-0.2, -0.15) is 11.8 Å². The lowest BCUT2D eigenvalue weighted by Crippen LogP contribution is -2.03. The fraction of sp³-hybridized carbons (Fsp3) is 0.333. The maximum absolute atomic E-state index is 11.3. The van der Waals surface area contributed by atoms with E-state index in [0.29, 0.717) is 11.1 Å². The second kappa shape index (κ2) is 6.14. The molecule has 0 aromatic heterocycles. The van der Waals surface area contributed by atoms with E-state index in [4.69, 9.17) is 15.4 Å². The predicted molar refractivity (Wildman–Crippen MR) is 71.1 cm³/mol. The molecule has 0 heterocycles. The van der Waals surface area contributed by atoms with Crippen LogP contribution in [0.4, 0.5) is 0 Å². The summed E-state index contributed by atoms with van der Waals surface area (Å²) in [5.41, 5.74) is 0. The van der Waals surface area contributed by atoms with Crippen molar-refractivity contribution < 1.29 is 13.2 Å². The summed E-state index contributed by atoms with van der Waals surface area (Å²) in [6.07, 6.45) is 1.95. The SMILES string of the molecule is CSCCOc1ccc(Br)cc1S(=O)(=O)Cl. The lowest BCUT2D eigenvalue weighted by atomic mass is 10.3. The van der Waals surface area contributed by atoms with Gasteiger partial charge in [0, 0.05) is 20.9 Å². The Balaban J connectivity index is 2.99. The van der Waals surface area contributed by atoms with Gasteiger partial charge in [0.05, 0.1) is 6.61 Å². The quantitative estimate of drug-likeness (QED) is 0.607. The molecule has 90 valence electrons. The molecule has 0 atom stereocenters. The van der Waals surface area contributed by atoms with Crippen LogP contribution in [0.3, 0.4) is 0 Å². The third kappa shape index (κ3) is 4.16. The molecule has 0 bridgehead atoms. The zero-order valence-corrected chi connectivity index (χ0v) is 12.4. The third-order valence-electron chi connectivity index (χ3n) is 1.71. The highest BCUT2D eigenvalue weighted by molar-refractivity contribution is 9.10. The van der Waals surface area contributed by atoms with Crippen LogP contribution in [0.5, 0.6) is 5.75 Å². The molecule has 0 amide bonds. The van der Waals surface area contributed by atoms with E-state index in [1.165, 1.54) is 6.07 Å². The van der Waals surface area contributed by atoms with E-state index >= 15 is 0 Å². The topological polar surface area (TPSA) is 43.4 Å². The van der Waals surface area contributed by atoms with Crippen molar-refractivity contribution in [3.63, 3.8) is 0 Å². The van der Waals surface area contributed by atoms with Gasteiger partial charge in [-0.25, -0.2) is 8.42 Å². The molecular weight excluding hydrogens is 336 g/mol. The molecule has 0 aliphatic carbocycles. The second-order valence-corrected chi connectivity index (χ2v) is 7.31. The van der Waals surface area contributed by atoms with Gasteiger partial charge in [0.1, 0.15) is 10.6 Å². The highest BCUT2D eigenvalue weighted by Crippen LogP contribution is 2.30. The molecule has 0 spiro atoms. The van der Waals surface area contributed by atoms with Crippen molar-refractivity contribution in [2.45, 2.75) is 4.90 Å². The van der Waals surface area contributed by atoms with E-state index in [9.17, 15) is 8.42 Å². The highest BCUT2D eigenvalue weighted by atomic mass is 79.9. The molecule has 0 N–H and O–H groups in total. The average Bonchev–Trinajstić information content (AvgIpc) is 2.19. The number of benzene rings is 1. The Labute approximate surface area is 112 Å². The molecule has 0 fully saturated rings. The van der Waals surface area contributed by atoms with E-state index in [0.717, 1.165) is 5.75 Å². The van der Waals surface area contributed by atoms with Crippen LogP contribution in [0.15, 0.2) is 27.6 Å². The average molecular weight is 346 g/mol. The summed E-state index contributed by atoms with van der Waals surface area (Å²) in [6, 6.07) is 4.72. The van der Waals surface area contributed by atoms with Gasteiger partial charge in [-0.15, -0.1) is 0 Å². The van der Waals surface area contributed by atoms with Crippen molar-refractivity contribution in [3.8, 4) is 5.75 Å². The van der Waals surface area contributed by atoms with Gasteiger partial charge in [-0.3, -0.25) is 0 Å². The minimum atomic E-state index is -3.78. The monoisotopic (exact) mass is 344 g/mol. The molecule has 3 nitrogen and oxygen atoms in total. The van der Waals surface area contributed by atoms with Crippen molar-refractivity contribution in [1.29, 1.82) is 0 Å². The molecular formula is C9H10BrClO3S2. The molecule has 1 aromatic carbocycles. The molecule has 0 radical (unpaired) electrons. The Morgan fingerprint density at radius 1 is 1.50 bits per heavy atom. The number of hydrogen-bond donors (Lipinski definition) is 0. The molecule has 0 saturated carbocycles. The largest absolute Gasteiger partial charge is 0.491 e. The van der Waals surface area contributed by atoms with Gasteiger partial charge >= 0.3 is 0 Å². The first kappa shape index (κ1) is 14.2. The minimum Gasteiger partial charge on any atom is -0.491 e. The van der Waals surface area contributed by atoms with E-state index < -0.39 is 9.05 Å². The summed E-state index contributed by atoms with van der Waals surface area (Å²) in [4.78, 5) is -0.00959. The van der Waals surface area contributed by atoms with Crippen molar-refractivity contribution in [2.75, 3.05) is 18.6 Å². The first-order valence-corrected chi connectivity index (χ1v) is 8.80. The predicted octanol–water partition coefficient (Wildman–Crippen LogP) is 3.12. The summed E-state index contributed by atoms with van der Waals surface area (Å²) in [5, 5.41) is 0. The minimum absolute atomic E-state index is 0.00959. The lowest BCUT2D eigenvalue weighted by molar-refractivity contribution is 0.335. The Kier molecular flexibility index (Phi) is 5.43. The Morgan fingerprint density at radius 2 is 2.19 bits per heavy atom. The zero-order valence-electron chi connectivity index (χ0n) is 8.44. The smallest absolute Gasteiger partial charge is 0.265 e. The fourth-order valence-corrected chi connectivity index (χ4v) is 2.79. The van der Waals surface area contributed by atoms with Crippen LogP contribution < -0.4 is 4.74 Å². The van der Waals surface area contributed by atoms with E-state index in [1.807, 2.05) is 6.26 Å². The molecule has 0 saturated heterocycles. The van der Waals surface area contributed by atoms with Crippen LogP contribution in [0.1, 0.15) is 0 Å². The number of ether oxygens (including phenoxy) is 1. The van der Waals surface area contributed by atoms with Gasteiger partial charge in [0.15, 0.2) is 0 Å². The lowest BCUT2D eigenvalue weighted by Gasteiger charge is -2.09. The van der Waals surface area contributed by atoms with Crippen LogP contribution in [0.2, 0.25) is 0 Å². The summed E-state index contributed by atoms with van der Waals surface area (Å²) in [6.45, 7) is 0.447. The molecule has 0 unspecified atom stereocenters. The van der Waals surface area contributed by atoms with E-state index in [1.54, 1.807) is 23.9 Å². The first-order valence-electron chi connectivity index (χ1n) is 4.31. The standard InChI is InChI=1S/C9H10BrClO3S2/c1-15-5-4-14-8-3-2-7(10)6-9(8)16(11,12)13/h2-3,6H,4-5H2,1H3.